The highest BCUT2D eigenvalue weighted by Gasteiger charge is 2.23. The second-order valence-corrected chi connectivity index (χ2v) is 7.59. The van der Waals surface area contributed by atoms with Crippen LogP contribution in [0, 0.1) is 0 Å². The molecule has 0 spiro atoms. The van der Waals surface area contributed by atoms with Crippen LogP contribution >= 0.6 is 15.9 Å². The van der Waals surface area contributed by atoms with Crippen molar-refractivity contribution in [1.29, 1.82) is 0 Å². The Labute approximate surface area is 158 Å². The van der Waals surface area contributed by atoms with Crippen LogP contribution < -0.4 is 11.2 Å². The molecule has 1 saturated carbocycles. The first-order valence-electron chi connectivity index (χ1n) is 8.68. The number of hydrogen-bond acceptors (Lipinski definition) is 4. The number of benzene rings is 1. The number of aliphatic imine (C=N–C) groups is 1. The van der Waals surface area contributed by atoms with Crippen LogP contribution in [0.5, 0.6) is 5.88 Å². The third-order valence-electron chi connectivity index (χ3n) is 5.00. The number of aromatic hydroxyl groups is 1. The Hall–Kier alpha value is -2.41. The first kappa shape index (κ1) is 17.0. The quantitative estimate of drug-likeness (QED) is 0.782. The molecule has 2 heterocycles. The van der Waals surface area contributed by atoms with Gasteiger partial charge in [-0.05, 0) is 37.1 Å². The smallest absolute Gasteiger partial charge is 0.331 e. The van der Waals surface area contributed by atoms with E-state index in [1.54, 1.807) is 12.3 Å². The van der Waals surface area contributed by atoms with Gasteiger partial charge in [-0.3, -0.25) is 19.3 Å². The highest BCUT2D eigenvalue weighted by Crippen LogP contribution is 2.36. The lowest BCUT2D eigenvalue weighted by Crippen LogP contribution is -2.34. The number of nitrogens with one attached hydrogen (secondary N) is 1. The number of nitrogens with zero attached hydrogens (tertiary/aromatic N) is 2. The molecule has 1 aromatic carbocycles. The summed E-state index contributed by atoms with van der Waals surface area (Å²) >= 11 is 3.43. The van der Waals surface area contributed by atoms with Gasteiger partial charge in [-0.25, -0.2) is 4.79 Å². The van der Waals surface area contributed by atoms with Crippen LogP contribution in [0.2, 0.25) is 0 Å². The van der Waals surface area contributed by atoms with Crippen LogP contribution in [0.25, 0.3) is 11.6 Å². The molecule has 2 aromatic rings. The Kier molecular flexibility index (Phi) is 4.40. The Morgan fingerprint density at radius 3 is 2.77 bits per heavy atom. The number of aromatic nitrogens is 2. The van der Waals surface area contributed by atoms with Crippen LogP contribution in [0.15, 0.2) is 37.3 Å². The van der Waals surface area contributed by atoms with E-state index in [0.717, 1.165) is 53.4 Å². The molecule has 1 aliphatic heterocycles. The van der Waals surface area contributed by atoms with E-state index in [1.807, 2.05) is 18.2 Å². The van der Waals surface area contributed by atoms with Crippen LogP contribution in [-0.2, 0) is 0 Å². The summed E-state index contributed by atoms with van der Waals surface area (Å²) in [5.74, 6) is -0.269. The van der Waals surface area contributed by atoms with Gasteiger partial charge in [0.05, 0.1) is 5.69 Å². The summed E-state index contributed by atoms with van der Waals surface area (Å²) in [4.78, 5) is 31.3. The zero-order valence-electron chi connectivity index (χ0n) is 14.0. The highest BCUT2D eigenvalue weighted by atomic mass is 79.9. The lowest BCUT2D eigenvalue weighted by Gasteiger charge is -2.24. The molecule has 0 atom stereocenters. The maximum Gasteiger partial charge on any atom is 0.331 e. The zero-order chi connectivity index (χ0) is 18.3. The molecule has 0 radical (unpaired) electrons. The van der Waals surface area contributed by atoms with Crippen molar-refractivity contribution in [2.45, 2.75) is 38.1 Å². The normalized spacial score (nSPS) is 18.4. The van der Waals surface area contributed by atoms with Gasteiger partial charge in [-0.1, -0.05) is 35.2 Å². The van der Waals surface area contributed by atoms with Gasteiger partial charge in [0.25, 0.3) is 5.56 Å². The van der Waals surface area contributed by atoms with E-state index in [-0.39, 0.29) is 17.5 Å². The van der Waals surface area contributed by atoms with Gasteiger partial charge >= 0.3 is 5.69 Å². The molecule has 2 N–H and O–H groups in total. The Morgan fingerprint density at radius 1 is 1.23 bits per heavy atom. The number of allylic oxidation sites excluding steroid dienone is 1. The number of H-pyrrole nitrogens is 1. The molecule has 4 rings (SSSR count). The Bertz CT molecular complexity index is 1040. The molecule has 0 unspecified atom stereocenters. The minimum Gasteiger partial charge on any atom is -0.494 e. The predicted molar refractivity (Wildman–Crippen MR) is 105 cm³/mol. The first-order chi connectivity index (χ1) is 12.5. The van der Waals surface area contributed by atoms with Crippen LogP contribution in [0.3, 0.4) is 0 Å². The number of aromatic amines is 1. The molecule has 0 amide bonds. The fraction of sp³-hybridized carbons (Fsp3) is 0.316. The van der Waals surface area contributed by atoms with Gasteiger partial charge in [0.15, 0.2) is 0 Å². The standard InChI is InChI=1S/C19H18BrN3O3/c20-12-6-7-16-14(9-12)11(10-21-16)8-15-17(24)22-19(26)23(18(15)25)13-4-2-1-3-5-13/h6-10,13,25H,1-5H2,(H,22,24,26)/b11-8+. The number of fused-ring (bicyclic) bond motifs is 1. The predicted octanol–water partition coefficient (Wildman–Crippen LogP) is 3.77. The lowest BCUT2D eigenvalue weighted by molar-refractivity contribution is 0.298. The summed E-state index contributed by atoms with van der Waals surface area (Å²) in [5, 5.41) is 10.7. The van der Waals surface area contributed by atoms with Crippen LogP contribution in [0.4, 0.5) is 5.69 Å². The molecule has 0 saturated heterocycles. The Balaban J connectivity index is 1.84. The van der Waals surface area contributed by atoms with Crippen molar-refractivity contribution in [3.05, 3.63) is 54.6 Å². The fourth-order valence-electron chi connectivity index (χ4n) is 3.69. The molecule has 0 bridgehead atoms. The van der Waals surface area contributed by atoms with Crippen LogP contribution in [-0.4, -0.2) is 20.9 Å². The molecule has 6 nitrogen and oxygen atoms in total. The molecule has 1 aromatic heterocycles. The van der Waals surface area contributed by atoms with Crippen molar-refractivity contribution >= 4 is 39.5 Å². The van der Waals surface area contributed by atoms with E-state index in [0.29, 0.717) is 0 Å². The van der Waals surface area contributed by atoms with Crippen molar-refractivity contribution in [2.24, 2.45) is 4.99 Å². The van der Waals surface area contributed by atoms with Gasteiger partial charge in [-0.2, -0.15) is 0 Å². The Morgan fingerprint density at radius 2 is 2.00 bits per heavy atom. The van der Waals surface area contributed by atoms with Gasteiger partial charge in [0, 0.05) is 27.9 Å². The van der Waals surface area contributed by atoms with Gasteiger partial charge in [0.2, 0.25) is 5.88 Å². The lowest BCUT2D eigenvalue weighted by atomic mass is 9.95. The maximum absolute atomic E-state index is 12.3. The molecular weight excluding hydrogens is 398 g/mol. The van der Waals surface area contributed by atoms with Gasteiger partial charge in [0.1, 0.15) is 5.56 Å². The third-order valence-corrected chi connectivity index (χ3v) is 5.50. The summed E-state index contributed by atoms with van der Waals surface area (Å²) < 4.78 is 2.24. The van der Waals surface area contributed by atoms with Crippen LogP contribution in [0.1, 0.15) is 49.3 Å². The number of rotatable bonds is 2. The second kappa shape index (κ2) is 6.72. The highest BCUT2D eigenvalue weighted by molar-refractivity contribution is 9.10. The topological polar surface area (TPSA) is 87.5 Å². The van der Waals surface area contributed by atoms with Crippen molar-refractivity contribution < 1.29 is 5.11 Å². The van der Waals surface area contributed by atoms with E-state index in [2.05, 4.69) is 25.9 Å². The minimum absolute atomic E-state index is 0.0797. The van der Waals surface area contributed by atoms with E-state index in [4.69, 9.17) is 0 Å². The summed E-state index contributed by atoms with van der Waals surface area (Å²) in [5.41, 5.74) is 1.33. The van der Waals surface area contributed by atoms with E-state index in [1.165, 1.54) is 4.57 Å². The molecule has 1 fully saturated rings. The van der Waals surface area contributed by atoms with Gasteiger partial charge < -0.3 is 5.11 Å². The van der Waals surface area contributed by atoms with E-state index < -0.39 is 11.2 Å². The van der Waals surface area contributed by atoms with Crippen molar-refractivity contribution in [2.75, 3.05) is 0 Å². The minimum atomic E-state index is -0.594. The number of hydrogen-bond donors (Lipinski definition) is 2. The molecule has 26 heavy (non-hydrogen) atoms. The summed E-state index contributed by atoms with van der Waals surface area (Å²) in [6.45, 7) is 0. The average Bonchev–Trinajstić information content (AvgIpc) is 3.01. The fourth-order valence-corrected chi connectivity index (χ4v) is 4.05. The monoisotopic (exact) mass is 415 g/mol. The molecule has 134 valence electrons. The molecule has 2 aliphatic rings. The maximum atomic E-state index is 12.3. The van der Waals surface area contributed by atoms with Gasteiger partial charge in [-0.15, -0.1) is 0 Å². The largest absolute Gasteiger partial charge is 0.494 e. The van der Waals surface area contributed by atoms with E-state index >= 15 is 0 Å². The summed E-state index contributed by atoms with van der Waals surface area (Å²) in [7, 11) is 0. The first-order valence-corrected chi connectivity index (χ1v) is 9.47. The molecule has 1 aliphatic carbocycles. The number of halogens is 1. The van der Waals surface area contributed by atoms with Crippen molar-refractivity contribution in [3.8, 4) is 5.88 Å². The SMILES string of the molecule is O=c1[nH]c(=O)n(C2CCCCC2)c(O)c1/C=C1\C=Nc2ccc(Br)cc21. The summed E-state index contributed by atoms with van der Waals surface area (Å²) in [6, 6.07) is 5.61. The van der Waals surface area contributed by atoms with Crippen molar-refractivity contribution in [3.63, 3.8) is 0 Å². The zero-order valence-corrected chi connectivity index (χ0v) is 15.6. The second-order valence-electron chi connectivity index (χ2n) is 6.68. The van der Waals surface area contributed by atoms with Crippen molar-refractivity contribution in [1.82, 2.24) is 9.55 Å². The van der Waals surface area contributed by atoms with E-state index in [9.17, 15) is 14.7 Å². The summed E-state index contributed by atoms with van der Waals surface area (Å²) in [6.07, 6.45) is 8.06. The molecule has 7 heteroatoms. The average molecular weight is 416 g/mol. The third kappa shape index (κ3) is 2.96. The molecular formula is C19H18BrN3O3.